The third kappa shape index (κ3) is 2.11. The molecule has 3 nitrogen and oxygen atoms in total. The van der Waals surface area contributed by atoms with E-state index in [1.54, 1.807) is 18.3 Å². The number of anilines is 1. The second-order valence-electron chi connectivity index (χ2n) is 4.04. The average molecular weight is 236 g/mol. The van der Waals surface area contributed by atoms with Crippen molar-refractivity contribution in [3.63, 3.8) is 0 Å². The summed E-state index contributed by atoms with van der Waals surface area (Å²) in [5.74, 6) is 1.26. The molecule has 0 aliphatic rings. The molecule has 0 unspecified atom stereocenters. The second kappa shape index (κ2) is 4.37. The Morgan fingerprint density at radius 3 is 2.56 bits per heavy atom. The molecule has 0 saturated heterocycles. The molecule has 3 rings (SSSR count). The summed E-state index contributed by atoms with van der Waals surface area (Å²) in [5.41, 5.74) is 6.32. The van der Waals surface area contributed by atoms with E-state index in [0.717, 1.165) is 11.1 Å². The van der Waals surface area contributed by atoms with Crippen LogP contribution in [0.5, 0.6) is 11.6 Å². The first-order valence-electron chi connectivity index (χ1n) is 5.69. The number of fused-ring (bicyclic) bond motifs is 1. The van der Waals surface area contributed by atoms with E-state index >= 15 is 0 Å². The van der Waals surface area contributed by atoms with E-state index in [4.69, 9.17) is 10.5 Å². The zero-order valence-corrected chi connectivity index (χ0v) is 9.71. The molecule has 0 amide bonds. The summed E-state index contributed by atoms with van der Waals surface area (Å²) in [6, 6.07) is 17.5. The lowest BCUT2D eigenvalue weighted by atomic mass is 10.1. The summed E-state index contributed by atoms with van der Waals surface area (Å²) >= 11 is 0. The third-order valence-electron chi connectivity index (χ3n) is 2.70. The quantitative estimate of drug-likeness (QED) is 0.739. The first-order valence-corrected chi connectivity index (χ1v) is 5.69. The van der Waals surface area contributed by atoms with Crippen molar-refractivity contribution in [1.29, 1.82) is 0 Å². The van der Waals surface area contributed by atoms with E-state index in [0.29, 0.717) is 11.6 Å². The van der Waals surface area contributed by atoms with Gasteiger partial charge in [-0.2, -0.15) is 0 Å². The van der Waals surface area contributed by atoms with Crippen molar-refractivity contribution in [2.45, 2.75) is 0 Å². The number of ether oxygens (including phenoxy) is 1. The van der Waals surface area contributed by atoms with Crippen LogP contribution >= 0.6 is 0 Å². The van der Waals surface area contributed by atoms with Crippen LogP contribution in [0.3, 0.4) is 0 Å². The fourth-order valence-electron chi connectivity index (χ4n) is 1.83. The first-order chi connectivity index (χ1) is 8.81. The highest BCUT2D eigenvalue weighted by Gasteiger charge is 2.00. The number of rotatable bonds is 2. The van der Waals surface area contributed by atoms with Crippen LogP contribution in [-0.2, 0) is 0 Å². The van der Waals surface area contributed by atoms with Gasteiger partial charge in [0.05, 0.1) is 0 Å². The minimum atomic E-state index is 0.505. The molecule has 0 fully saturated rings. The maximum atomic E-state index is 5.68. The van der Waals surface area contributed by atoms with Crippen LogP contribution in [0.1, 0.15) is 0 Å². The topological polar surface area (TPSA) is 48.1 Å². The van der Waals surface area contributed by atoms with Gasteiger partial charge in [0.1, 0.15) is 5.75 Å². The first kappa shape index (κ1) is 10.6. The highest BCUT2D eigenvalue weighted by Crippen LogP contribution is 2.25. The van der Waals surface area contributed by atoms with E-state index in [9.17, 15) is 0 Å². The molecule has 2 aromatic carbocycles. The zero-order valence-electron chi connectivity index (χ0n) is 9.71. The number of pyridine rings is 1. The van der Waals surface area contributed by atoms with Crippen LogP contribution in [0.25, 0.3) is 10.8 Å². The Labute approximate surface area is 105 Å². The van der Waals surface area contributed by atoms with Gasteiger partial charge >= 0.3 is 0 Å². The molecule has 1 aromatic heterocycles. The van der Waals surface area contributed by atoms with Crippen LogP contribution in [0.2, 0.25) is 0 Å². The van der Waals surface area contributed by atoms with Gasteiger partial charge in [-0.1, -0.05) is 30.3 Å². The van der Waals surface area contributed by atoms with Gasteiger partial charge in [0, 0.05) is 18.0 Å². The lowest BCUT2D eigenvalue weighted by Gasteiger charge is -2.06. The van der Waals surface area contributed by atoms with Crippen LogP contribution in [0.4, 0.5) is 5.69 Å². The lowest BCUT2D eigenvalue weighted by Crippen LogP contribution is -1.90. The minimum Gasteiger partial charge on any atom is -0.439 e. The number of benzene rings is 2. The Balaban J connectivity index is 1.95. The fraction of sp³-hybridized carbons (Fsp3) is 0. The second-order valence-corrected chi connectivity index (χ2v) is 4.04. The molecule has 1 heterocycles. The Morgan fingerprint density at radius 2 is 1.72 bits per heavy atom. The molecule has 3 heteroatoms. The monoisotopic (exact) mass is 236 g/mol. The normalized spacial score (nSPS) is 10.4. The highest BCUT2D eigenvalue weighted by molar-refractivity contribution is 5.83. The number of aromatic nitrogens is 1. The van der Waals surface area contributed by atoms with Crippen molar-refractivity contribution in [3.8, 4) is 11.6 Å². The standard InChI is InChI=1S/C15H12N2O/c16-13-7-8-17-15(10-13)18-14-6-5-11-3-1-2-4-12(11)9-14/h1-10H,(H2,16,17). The highest BCUT2D eigenvalue weighted by atomic mass is 16.5. The van der Waals surface area contributed by atoms with Crippen molar-refractivity contribution in [2.24, 2.45) is 0 Å². The van der Waals surface area contributed by atoms with Gasteiger partial charge in [0.25, 0.3) is 0 Å². The van der Waals surface area contributed by atoms with Crippen molar-refractivity contribution in [1.82, 2.24) is 4.98 Å². The summed E-state index contributed by atoms with van der Waals surface area (Å²) in [6.45, 7) is 0. The van der Waals surface area contributed by atoms with E-state index in [2.05, 4.69) is 17.1 Å². The van der Waals surface area contributed by atoms with Crippen molar-refractivity contribution in [3.05, 3.63) is 60.8 Å². The Bertz CT molecular complexity index is 695. The maximum Gasteiger partial charge on any atom is 0.221 e. The van der Waals surface area contributed by atoms with Crippen molar-refractivity contribution in [2.75, 3.05) is 5.73 Å². The molecule has 0 aliphatic carbocycles. The predicted octanol–water partition coefficient (Wildman–Crippen LogP) is 3.61. The fourth-order valence-corrected chi connectivity index (χ4v) is 1.83. The number of hydrogen-bond donors (Lipinski definition) is 1. The number of nitrogens with zero attached hydrogens (tertiary/aromatic N) is 1. The SMILES string of the molecule is Nc1ccnc(Oc2ccc3ccccc3c2)c1. The molecule has 0 aliphatic heterocycles. The van der Waals surface area contributed by atoms with E-state index in [1.807, 2.05) is 30.3 Å². The Morgan fingerprint density at radius 1 is 0.889 bits per heavy atom. The number of hydrogen-bond acceptors (Lipinski definition) is 3. The smallest absolute Gasteiger partial charge is 0.221 e. The molecule has 0 saturated carbocycles. The molecule has 18 heavy (non-hydrogen) atoms. The van der Waals surface area contributed by atoms with E-state index < -0.39 is 0 Å². The van der Waals surface area contributed by atoms with Crippen LogP contribution in [-0.4, -0.2) is 4.98 Å². The molecule has 88 valence electrons. The van der Waals surface area contributed by atoms with E-state index in [1.165, 1.54) is 5.39 Å². The summed E-state index contributed by atoms with van der Waals surface area (Å²) in [6.07, 6.45) is 1.63. The summed E-state index contributed by atoms with van der Waals surface area (Å²) < 4.78 is 5.68. The van der Waals surface area contributed by atoms with Gasteiger partial charge < -0.3 is 10.5 Å². The van der Waals surface area contributed by atoms with Crippen LogP contribution in [0.15, 0.2) is 60.8 Å². The van der Waals surface area contributed by atoms with Gasteiger partial charge in [-0.05, 0) is 29.0 Å². The Hall–Kier alpha value is -2.55. The predicted molar refractivity (Wildman–Crippen MR) is 72.7 cm³/mol. The lowest BCUT2D eigenvalue weighted by molar-refractivity contribution is 0.464. The summed E-state index contributed by atoms with van der Waals surface area (Å²) in [7, 11) is 0. The number of nitrogens with two attached hydrogens (primary N) is 1. The molecule has 0 radical (unpaired) electrons. The van der Waals surface area contributed by atoms with E-state index in [-0.39, 0.29) is 0 Å². The van der Waals surface area contributed by atoms with Gasteiger partial charge in [0.15, 0.2) is 0 Å². The van der Waals surface area contributed by atoms with Crippen LogP contribution < -0.4 is 10.5 Å². The molecule has 0 spiro atoms. The summed E-state index contributed by atoms with van der Waals surface area (Å²) in [5, 5.41) is 2.32. The van der Waals surface area contributed by atoms with Gasteiger partial charge in [0.2, 0.25) is 5.88 Å². The zero-order chi connectivity index (χ0) is 12.4. The molecule has 0 atom stereocenters. The molecular weight excluding hydrogens is 224 g/mol. The van der Waals surface area contributed by atoms with Gasteiger partial charge in [-0.15, -0.1) is 0 Å². The molecular formula is C15H12N2O. The molecule has 3 aromatic rings. The largest absolute Gasteiger partial charge is 0.439 e. The average Bonchev–Trinajstić information content (AvgIpc) is 2.39. The van der Waals surface area contributed by atoms with Gasteiger partial charge in [-0.25, -0.2) is 4.98 Å². The van der Waals surface area contributed by atoms with Crippen LogP contribution in [0, 0.1) is 0 Å². The molecule has 0 bridgehead atoms. The van der Waals surface area contributed by atoms with Crippen molar-refractivity contribution >= 4 is 16.5 Å². The maximum absolute atomic E-state index is 5.68. The number of nitrogen functional groups attached to an aromatic ring is 1. The third-order valence-corrected chi connectivity index (χ3v) is 2.70. The minimum absolute atomic E-state index is 0.505. The van der Waals surface area contributed by atoms with Crippen molar-refractivity contribution < 1.29 is 4.74 Å². The molecule has 2 N–H and O–H groups in total. The Kier molecular flexibility index (Phi) is 2.57. The summed E-state index contributed by atoms with van der Waals surface area (Å²) in [4.78, 5) is 4.11. The van der Waals surface area contributed by atoms with Gasteiger partial charge in [-0.3, -0.25) is 0 Å².